The zero-order valence-corrected chi connectivity index (χ0v) is 19.8. The average molecular weight is 466 g/mol. The number of amides is 1. The molecule has 3 aromatic carbocycles. The van der Waals surface area contributed by atoms with Crippen molar-refractivity contribution in [2.75, 3.05) is 20.3 Å². The van der Waals surface area contributed by atoms with E-state index in [9.17, 15) is 4.79 Å². The summed E-state index contributed by atoms with van der Waals surface area (Å²) in [6.45, 7) is 4.91. The standard InChI is InChI=1S/C27H28ClNO4/c1-18(2)33-24-10-11-25-19(15-24)12-13-29(27(30)20-6-4-7-21(28)14-20)26(25)17-32-23-9-5-8-22(16-23)31-3/h4-11,14-16,18,26H,12-13,17H2,1-3H3. The van der Waals surface area contributed by atoms with E-state index in [1.54, 1.807) is 31.4 Å². The van der Waals surface area contributed by atoms with Crippen LogP contribution in [0.3, 0.4) is 0 Å². The van der Waals surface area contributed by atoms with Gasteiger partial charge in [-0.3, -0.25) is 4.79 Å². The van der Waals surface area contributed by atoms with Gasteiger partial charge in [-0.15, -0.1) is 0 Å². The zero-order valence-electron chi connectivity index (χ0n) is 19.1. The van der Waals surface area contributed by atoms with Gasteiger partial charge in [0.2, 0.25) is 0 Å². The number of carbonyl (C=O) groups excluding carboxylic acids is 1. The third-order valence-electron chi connectivity index (χ3n) is 5.62. The Morgan fingerprint density at radius 2 is 1.82 bits per heavy atom. The Morgan fingerprint density at radius 3 is 2.58 bits per heavy atom. The Bertz CT molecular complexity index is 1130. The molecule has 0 aliphatic carbocycles. The van der Waals surface area contributed by atoms with E-state index in [1.165, 1.54) is 5.56 Å². The maximum absolute atomic E-state index is 13.5. The summed E-state index contributed by atoms with van der Waals surface area (Å²) in [5.74, 6) is 2.19. The first-order valence-electron chi connectivity index (χ1n) is 11.1. The molecule has 0 saturated heterocycles. The Labute approximate surface area is 199 Å². The lowest BCUT2D eigenvalue weighted by Crippen LogP contribution is -2.42. The van der Waals surface area contributed by atoms with E-state index in [4.69, 9.17) is 25.8 Å². The van der Waals surface area contributed by atoms with E-state index in [0.717, 1.165) is 23.5 Å². The van der Waals surface area contributed by atoms with Crippen molar-refractivity contribution < 1.29 is 19.0 Å². The molecule has 33 heavy (non-hydrogen) atoms. The predicted octanol–water partition coefficient (Wildman–Crippen LogP) is 5.95. The molecule has 0 saturated carbocycles. The van der Waals surface area contributed by atoms with Crippen molar-refractivity contribution in [3.8, 4) is 17.2 Å². The molecule has 0 N–H and O–H groups in total. The Hall–Kier alpha value is -3.18. The number of carbonyl (C=O) groups is 1. The van der Waals surface area contributed by atoms with Crippen LogP contribution in [0.5, 0.6) is 17.2 Å². The van der Waals surface area contributed by atoms with E-state index in [1.807, 2.05) is 55.1 Å². The topological polar surface area (TPSA) is 48.0 Å². The van der Waals surface area contributed by atoms with Crippen LogP contribution in [-0.2, 0) is 6.42 Å². The lowest BCUT2D eigenvalue weighted by Gasteiger charge is -2.37. The van der Waals surface area contributed by atoms with Gasteiger partial charge >= 0.3 is 0 Å². The fourth-order valence-electron chi connectivity index (χ4n) is 4.11. The summed E-state index contributed by atoms with van der Waals surface area (Å²) in [6, 6.07) is 20.4. The smallest absolute Gasteiger partial charge is 0.254 e. The number of nitrogens with zero attached hydrogens (tertiary/aromatic N) is 1. The molecule has 1 aliphatic rings. The number of ether oxygens (including phenoxy) is 3. The van der Waals surface area contributed by atoms with Crippen molar-refractivity contribution >= 4 is 17.5 Å². The van der Waals surface area contributed by atoms with Gasteiger partial charge in [-0.05, 0) is 73.9 Å². The first kappa shape index (κ1) is 23.0. The Morgan fingerprint density at radius 1 is 1.03 bits per heavy atom. The number of rotatable bonds is 7. The van der Waals surface area contributed by atoms with Crippen LogP contribution in [0.4, 0.5) is 0 Å². The van der Waals surface area contributed by atoms with E-state index in [-0.39, 0.29) is 18.1 Å². The van der Waals surface area contributed by atoms with Crippen molar-refractivity contribution in [2.45, 2.75) is 32.4 Å². The highest BCUT2D eigenvalue weighted by Crippen LogP contribution is 2.34. The molecule has 5 nitrogen and oxygen atoms in total. The normalized spacial score (nSPS) is 15.2. The first-order valence-corrected chi connectivity index (χ1v) is 11.5. The molecule has 1 amide bonds. The molecule has 172 valence electrons. The molecule has 1 atom stereocenters. The molecule has 1 heterocycles. The van der Waals surface area contributed by atoms with Crippen molar-refractivity contribution in [3.05, 3.63) is 88.4 Å². The van der Waals surface area contributed by atoms with Crippen LogP contribution < -0.4 is 14.2 Å². The number of fused-ring (bicyclic) bond motifs is 1. The van der Waals surface area contributed by atoms with Gasteiger partial charge in [-0.1, -0.05) is 29.8 Å². The molecule has 4 rings (SSSR count). The van der Waals surface area contributed by atoms with Gasteiger partial charge in [-0.2, -0.15) is 0 Å². The molecule has 0 radical (unpaired) electrons. The molecule has 6 heteroatoms. The molecule has 0 fully saturated rings. The highest BCUT2D eigenvalue weighted by molar-refractivity contribution is 6.30. The number of hydrogen-bond acceptors (Lipinski definition) is 4. The van der Waals surface area contributed by atoms with Crippen LogP contribution in [0, 0.1) is 0 Å². The lowest BCUT2D eigenvalue weighted by atomic mass is 9.92. The minimum absolute atomic E-state index is 0.0649. The van der Waals surface area contributed by atoms with Crippen LogP contribution >= 0.6 is 11.6 Å². The fraction of sp³-hybridized carbons (Fsp3) is 0.296. The summed E-state index contributed by atoms with van der Waals surface area (Å²) in [5.41, 5.74) is 2.80. The van der Waals surface area contributed by atoms with Gasteiger partial charge in [0, 0.05) is 23.2 Å². The van der Waals surface area contributed by atoms with Gasteiger partial charge in [0.05, 0.1) is 19.3 Å². The minimum Gasteiger partial charge on any atom is -0.497 e. The number of benzene rings is 3. The second-order valence-corrected chi connectivity index (χ2v) is 8.73. The predicted molar refractivity (Wildman–Crippen MR) is 130 cm³/mol. The molecule has 1 unspecified atom stereocenters. The second-order valence-electron chi connectivity index (χ2n) is 8.29. The maximum Gasteiger partial charge on any atom is 0.254 e. The van der Waals surface area contributed by atoms with Gasteiger partial charge in [0.15, 0.2) is 0 Å². The van der Waals surface area contributed by atoms with Crippen LogP contribution in [0.1, 0.15) is 41.4 Å². The molecule has 0 aromatic heterocycles. The highest BCUT2D eigenvalue weighted by atomic mass is 35.5. The summed E-state index contributed by atoms with van der Waals surface area (Å²) in [7, 11) is 1.62. The summed E-state index contributed by atoms with van der Waals surface area (Å²) in [4.78, 5) is 15.3. The Balaban J connectivity index is 1.65. The monoisotopic (exact) mass is 465 g/mol. The molecular formula is C27H28ClNO4. The quantitative estimate of drug-likeness (QED) is 0.432. The average Bonchev–Trinajstić information content (AvgIpc) is 2.81. The van der Waals surface area contributed by atoms with Crippen molar-refractivity contribution in [1.29, 1.82) is 0 Å². The summed E-state index contributed by atoms with van der Waals surface area (Å²) >= 11 is 6.15. The van der Waals surface area contributed by atoms with Gasteiger partial charge in [0.1, 0.15) is 23.9 Å². The third-order valence-corrected chi connectivity index (χ3v) is 5.86. The highest BCUT2D eigenvalue weighted by Gasteiger charge is 2.32. The van der Waals surface area contributed by atoms with E-state index < -0.39 is 0 Å². The number of methoxy groups -OCH3 is 1. The Kier molecular flexibility index (Phi) is 7.09. The molecule has 0 bridgehead atoms. The number of halogens is 1. The molecule has 3 aromatic rings. The maximum atomic E-state index is 13.5. The summed E-state index contributed by atoms with van der Waals surface area (Å²) < 4.78 is 17.3. The van der Waals surface area contributed by atoms with Gasteiger partial charge in [0.25, 0.3) is 5.91 Å². The minimum atomic E-state index is -0.250. The second kappa shape index (κ2) is 10.2. The van der Waals surface area contributed by atoms with E-state index in [0.29, 0.717) is 29.5 Å². The van der Waals surface area contributed by atoms with E-state index >= 15 is 0 Å². The van der Waals surface area contributed by atoms with Gasteiger partial charge in [-0.25, -0.2) is 0 Å². The van der Waals surface area contributed by atoms with Crippen LogP contribution in [0.15, 0.2) is 66.7 Å². The van der Waals surface area contributed by atoms with Crippen LogP contribution in [0.25, 0.3) is 0 Å². The van der Waals surface area contributed by atoms with Crippen molar-refractivity contribution in [1.82, 2.24) is 4.90 Å². The zero-order chi connectivity index (χ0) is 23.4. The van der Waals surface area contributed by atoms with Crippen molar-refractivity contribution in [2.24, 2.45) is 0 Å². The SMILES string of the molecule is COc1cccc(OCC2c3ccc(OC(C)C)cc3CCN2C(=O)c2cccc(Cl)c2)c1. The van der Waals surface area contributed by atoms with Crippen LogP contribution in [0.2, 0.25) is 5.02 Å². The summed E-state index contributed by atoms with van der Waals surface area (Å²) in [5, 5.41) is 0.540. The molecule has 0 spiro atoms. The van der Waals surface area contributed by atoms with E-state index in [2.05, 4.69) is 6.07 Å². The molecular weight excluding hydrogens is 438 g/mol. The number of hydrogen-bond donors (Lipinski definition) is 0. The van der Waals surface area contributed by atoms with Crippen LogP contribution in [-0.4, -0.2) is 37.2 Å². The first-order chi connectivity index (χ1) is 15.9. The largest absolute Gasteiger partial charge is 0.497 e. The lowest BCUT2D eigenvalue weighted by molar-refractivity contribution is 0.0589. The summed E-state index contributed by atoms with van der Waals surface area (Å²) in [6.07, 6.45) is 0.840. The van der Waals surface area contributed by atoms with Crippen molar-refractivity contribution in [3.63, 3.8) is 0 Å². The van der Waals surface area contributed by atoms with Gasteiger partial charge < -0.3 is 19.1 Å². The molecule has 1 aliphatic heterocycles. The third kappa shape index (κ3) is 5.42. The fourth-order valence-corrected chi connectivity index (χ4v) is 4.30.